The molecule has 0 saturated heterocycles. The summed E-state index contributed by atoms with van der Waals surface area (Å²) in [5, 5.41) is 12.5. The lowest BCUT2D eigenvalue weighted by Crippen LogP contribution is -2.09. The van der Waals surface area contributed by atoms with Gasteiger partial charge in [0.15, 0.2) is 0 Å². The molecule has 2 aromatic heterocycles. The number of nitrogens with zero attached hydrogens (tertiary/aromatic N) is 2. The Balaban J connectivity index is 2.00. The predicted octanol–water partition coefficient (Wildman–Crippen LogP) is 4.02. The summed E-state index contributed by atoms with van der Waals surface area (Å²) in [5.74, 6) is -1.36. The highest BCUT2D eigenvalue weighted by Gasteiger charge is 2.14. The lowest BCUT2D eigenvalue weighted by molar-refractivity contribution is 0.318. The van der Waals surface area contributed by atoms with Gasteiger partial charge in [-0.3, -0.25) is 0 Å². The van der Waals surface area contributed by atoms with Crippen molar-refractivity contribution in [3.63, 3.8) is 0 Å². The van der Waals surface area contributed by atoms with Crippen LogP contribution in [0.25, 0.3) is 11.0 Å². The fourth-order valence-corrected chi connectivity index (χ4v) is 2.78. The van der Waals surface area contributed by atoms with E-state index in [4.69, 9.17) is 0 Å². The molecule has 0 amide bonds. The number of fused-ring (bicyclic) bond motifs is 1. The predicted molar refractivity (Wildman–Crippen MR) is 82.2 cm³/mol. The second kappa shape index (κ2) is 5.84. The summed E-state index contributed by atoms with van der Waals surface area (Å²) >= 11 is 3.36. The van der Waals surface area contributed by atoms with Crippen molar-refractivity contribution in [2.75, 3.05) is 0 Å². The van der Waals surface area contributed by atoms with Gasteiger partial charge in [0.1, 0.15) is 23.0 Å². The Morgan fingerprint density at radius 2 is 1.95 bits per heavy atom. The van der Waals surface area contributed by atoms with Gasteiger partial charge in [0.25, 0.3) is 0 Å². The van der Waals surface area contributed by atoms with Crippen LogP contribution in [0.15, 0.2) is 46.2 Å². The van der Waals surface area contributed by atoms with Crippen molar-refractivity contribution in [3.05, 3.63) is 63.9 Å². The third-order valence-electron chi connectivity index (χ3n) is 3.17. The number of aromatic nitrogens is 2. The SMILES string of the molecule is O/N=C(\Cc1cc(F)cc(F)c1)c1nc2cc[nH]c2cc1Br. The molecule has 0 radical (unpaired) electrons. The molecule has 2 heterocycles. The largest absolute Gasteiger partial charge is 0.411 e. The Morgan fingerprint density at radius 3 is 2.64 bits per heavy atom. The maximum atomic E-state index is 13.3. The minimum Gasteiger partial charge on any atom is -0.411 e. The van der Waals surface area contributed by atoms with Crippen LogP contribution in [0.1, 0.15) is 11.3 Å². The van der Waals surface area contributed by atoms with Crippen molar-refractivity contribution in [2.24, 2.45) is 5.16 Å². The molecule has 0 bridgehead atoms. The van der Waals surface area contributed by atoms with E-state index in [1.54, 1.807) is 18.3 Å². The molecule has 0 aliphatic rings. The first-order valence-electron chi connectivity index (χ1n) is 6.36. The monoisotopic (exact) mass is 365 g/mol. The van der Waals surface area contributed by atoms with E-state index in [-0.39, 0.29) is 12.1 Å². The third kappa shape index (κ3) is 2.85. The summed E-state index contributed by atoms with van der Waals surface area (Å²) in [4.78, 5) is 7.41. The van der Waals surface area contributed by atoms with Crippen LogP contribution in [-0.2, 0) is 6.42 Å². The van der Waals surface area contributed by atoms with Crippen molar-refractivity contribution in [2.45, 2.75) is 6.42 Å². The van der Waals surface area contributed by atoms with Crippen molar-refractivity contribution in [1.82, 2.24) is 9.97 Å². The highest BCUT2D eigenvalue weighted by molar-refractivity contribution is 9.10. The Kier molecular flexibility index (Phi) is 3.89. The quantitative estimate of drug-likeness (QED) is 0.418. The number of benzene rings is 1. The molecule has 4 nitrogen and oxygen atoms in total. The molecule has 0 spiro atoms. The fourth-order valence-electron chi connectivity index (χ4n) is 2.23. The number of oxime groups is 1. The van der Waals surface area contributed by atoms with E-state index in [2.05, 4.69) is 31.1 Å². The summed E-state index contributed by atoms with van der Waals surface area (Å²) in [6.07, 6.45) is 1.79. The van der Waals surface area contributed by atoms with Crippen molar-refractivity contribution in [3.8, 4) is 0 Å². The summed E-state index contributed by atoms with van der Waals surface area (Å²) in [5.41, 5.74) is 2.50. The van der Waals surface area contributed by atoms with E-state index >= 15 is 0 Å². The highest BCUT2D eigenvalue weighted by Crippen LogP contribution is 2.23. The van der Waals surface area contributed by atoms with Gasteiger partial charge in [-0.15, -0.1) is 0 Å². The van der Waals surface area contributed by atoms with Crippen LogP contribution in [-0.4, -0.2) is 20.9 Å². The molecule has 0 aliphatic heterocycles. The lowest BCUT2D eigenvalue weighted by Gasteiger charge is -2.07. The number of halogens is 3. The standard InChI is InChI=1S/C15H10BrF2N3O/c16-11-7-13-12(1-2-19-13)20-15(11)14(21-22)5-8-3-9(17)6-10(18)4-8/h1-4,6-7,19,22H,5H2/b21-14+. The van der Waals surface area contributed by atoms with Crippen LogP contribution in [0, 0.1) is 11.6 Å². The molecule has 22 heavy (non-hydrogen) atoms. The number of H-pyrrole nitrogens is 1. The smallest absolute Gasteiger partial charge is 0.126 e. The topological polar surface area (TPSA) is 61.3 Å². The Hall–Kier alpha value is -2.28. The van der Waals surface area contributed by atoms with Gasteiger partial charge in [-0.2, -0.15) is 0 Å². The lowest BCUT2D eigenvalue weighted by atomic mass is 10.1. The summed E-state index contributed by atoms with van der Waals surface area (Å²) in [6.45, 7) is 0. The molecular formula is C15H10BrF2N3O. The highest BCUT2D eigenvalue weighted by atomic mass is 79.9. The number of aromatic amines is 1. The zero-order valence-corrected chi connectivity index (χ0v) is 12.7. The first-order chi connectivity index (χ1) is 10.6. The van der Waals surface area contributed by atoms with Gasteiger partial charge in [0.05, 0.1) is 11.0 Å². The van der Waals surface area contributed by atoms with Gasteiger partial charge in [-0.25, -0.2) is 13.8 Å². The average molecular weight is 366 g/mol. The molecule has 112 valence electrons. The molecule has 3 rings (SSSR count). The van der Waals surface area contributed by atoms with Gasteiger partial charge in [-0.1, -0.05) is 5.16 Å². The second-order valence-electron chi connectivity index (χ2n) is 4.73. The van der Waals surface area contributed by atoms with Gasteiger partial charge < -0.3 is 10.2 Å². The molecule has 0 atom stereocenters. The van der Waals surface area contributed by atoms with Gasteiger partial charge in [0, 0.05) is 23.2 Å². The van der Waals surface area contributed by atoms with E-state index in [0.29, 0.717) is 21.2 Å². The van der Waals surface area contributed by atoms with E-state index < -0.39 is 11.6 Å². The van der Waals surface area contributed by atoms with Crippen molar-refractivity contribution >= 4 is 32.7 Å². The number of rotatable bonds is 3. The normalized spacial score (nSPS) is 12.0. The molecular weight excluding hydrogens is 356 g/mol. The maximum absolute atomic E-state index is 13.3. The zero-order chi connectivity index (χ0) is 15.7. The van der Waals surface area contributed by atoms with E-state index in [0.717, 1.165) is 11.6 Å². The first-order valence-corrected chi connectivity index (χ1v) is 7.16. The number of hydrogen-bond donors (Lipinski definition) is 2. The Morgan fingerprint density at radius 1 is 1.23 bits per heavy atom. The average Bonchev–Trinajstić information content (AvgIpc) is 2.90. The molecule has 0 fully saturated rings. The van der Waals surface area contributed by atoms with Crippen LogP contribution in [0.3, 0.4) is 0 Å². The Labute approximate surface area is 132 Å². The molecule has 0 unspecified atom stereocenters. The number of pyridine rings is 1. The molecule has 1 aromatic carbocycles. The summed E-state index contributed by atoms with van der Waals surface area (Å²) in [6, 6.07) is 6.75. The molecule has 0 aliphatic carbocycles. The maximum Gasteiger partial charge on any atom is 0.126 e. The molecule has 0 saturated carbocycles. The number of hydrogen-bond acceptors (Lipinski definition) is 3. The third-order valence-corrected chi connectivity index (χ3v) is 3.78. The fraction of sp³-hybridized carbons (Fsp3) is 0.0667. The van der Waals surface area contributed by atoms with Gasteiger partial charge in [-0.05, 0) is 45.8 Å². The van der Waals surface area contributed by atoms with Crippen LogP contribution in [0.4, 0.5) is 8.78 Å². The van der Waals surface area contributed by atoms with E-state index in [1.165, 1.54) is 12.1 Å². The van der Waals surface area contributed by atoms with Crippen LogP contribution in [0.2, 0.25) is 0 Å². The molecule has 3 aromatic rings. The van der Waals surface area contributed by atoms with Crippen molar-refractivity contribution < 1.29 is 14.0 Å². The second-order valence-corrected chi connectivity index (χ2v) is 5.58. The summed E-state index contributed by atoms with van der Waals surface area (Å²) < 4.78 is 27.1. The molecule has 2 N–H and O–H groups in total. The Bertz CT molecular complexity index is 856. The van der Waals surface area contributed by atoms with Gasteiger partial charge in [0.2, 0.25) is 0 Å². The molecule has 7 heteroatoms. The van der Waals surface area contributed by atoms with Crippen LogP contribution < -0.4 is 0 Å². The minimum atomic E-state index is -0.680. The summed E-state index contributed by atoms with van der Waals surface area (Å²) in [7, 11) is 0. The van der Waals surface area contributed by atoms with E-state index in [1.807, 2.05) is 0 Å². The number of nitrogens with one attached hydrogen (secondary N) is 1. The zero-order valence-electron chi connectivity index (χ0n) is 11.1. The van der Waals surface area contributed by atoms with Crippen molar-refractivity contribution in [1.29, 1.82) is 0 Å². The minimum absolute atomic E-state index is 0.0483. The first kappa shape index (κ1) is 14.6. The van der Waals surface area contributed by atoms with E-state index in [9.17, 15) is 14.0 Å². The van der Waals surface area contributed by atoms with Crippen LogP contribution >= 0.6 is 15.9 Å². The van der Waals surface area contributed by atoms with Gasteiger partial charge >= 0.3 is 0 Å². The van der Waals surface area contributed by atoms with Crippen LogP contribution in [0.5, 0.6) is 0 Å².